The molecule has 2 fully saturated rings. The maximum Gasteiger partial charge on any atom is 0.215 e. The standard InChI is InChI=1S/C18H25N5O2S/c1-25-16-4-3-14-15(5-9-20-17(14)21-16)22-10-6-18(7-11-22)8-12-23(13-18)26(2,19)24/h3-5,9,19H,6-8,10-13H2,1-2H3. The van der Waals surface area contributed by atoms with Gasteiger partial charge in [-0.1, -0.05) is 0 Å². The van der Waals surface area contributed by atoms with Crippen LogP contribution in [-0.2, 0) is 9.92 Å². The van der Waals surface area contributed by atoms with Crippen molar-refractivity contribution in [1.82, 2.24) is 14.3 Å². The van der Waals surface area contributed by atoms with Crippen molar-refractivity contribution in [3.8, 4) is 5.88 Å². The zero-order valence-electron chi connectivity index (χ0n) is 15.3. The summed E-state index contributed by atoms with van der Waals surface area (Å²) in [6.07, 6.45) is 6.50. The topological polar surface area (TPSA) is 82.4 Å². The molecular formula is C18H25N5O2S. The molecule has 1 spiro atoms. The zero-order valence-corrected chi connectivity index (χ0v) is 16.1. The largest absolute Gasteiger partial charge is 0.481 e. The van der Waals surface area contributed by atoms with Crippen molar-refractivity contribution in [1.29, 1.82) is 4.78 Å². The number of ether oxygens (including phenoxy) is 1. The number of aromatic nitrogens is 2. The summed E-state index contributed by atoms with van der Waals surface area (Å²) in [7, 11) is -0.978. The van der Waals surface area contributed by atoms with E-state index in [1.54, 1.807) is 13.3 Å². The molecule has 0 aliphatic carbocycles. The number of fused-ring (bicyclic) bond motifs is 1. The van der Waals surface area contributed by atoms with Crippen LogP contribution in [0.25, 0.3) is 11.0 Å². The lowest BCUT2D eigenvalue weighted by Gasteiger charge is -2.40. The molecule has 2 aliphatic heterocycles. The van der Waals surface area contributed by atoms with Crippen LogP contribution in [0.5, 0.6) is 5.88 Å². The molecule has 1 unspecified atom stereocenters. The minimum absolute atomic E-state index is 0.209. The number of nitrogens with zero attached hydrogens (tertiary/aromatic N) is 4. The SMILES string of the molecule is COc1ccc2c(N3CCC4(CC3)CCN(S(C)(=N)=O)C4)ccnc2n1. The predicted molar refractivity (Wildman–Crippen MR) is 103 cm³/mol. The van der Waals surface area contributed by atoms with Gasteiger partial charge in [-0.2, -0.15) is 4.98 Å². The number of pyridine rings is 2. The molecule has 1 atom stereocenters. The van der Waals surface area contributed by atoms with E-state index in [9.17, 15) is 4.21 Å². The first kappa shape index (κ1) is 17.5. The highest BCUT2D eigenvalue weighted by Crippen LogP contribution is 2.42. The van der Waals surface area contributed by atoms with Crippen LogP contribution in [0, 0.1) is 10.2 Å². The van der Waals surface area contributed by atoms with Crippen molar-refractivity contribution in [2.24, 2.45) is 5.41 Å². The van der Waals surface area contributed by atoms with Crippen molar-refractivity contribution in [2.45, 2.75) is 19.3 Å². The van der Waals surface area contributed by atoms with Crippen LogP contribution in [0.4, 0.5) is 5.69 Å². The van der Waals surface area contributed by atoms with Gasteiger partial charge >= 0.3 is 0 Å². The van der Waals surface area contributed by atoms with E-state index in [-0.39, 0.29) is 5.41 Å². The Labute approximate surface area is 154 Å². The Bertz CT molecular complexity index is 922. The third-order valence-corrected chi connectivity index (χ3v) is 7.12. The number of piperidine rings is 1. The number of rotatable bonds is 3. The van der Waals surface area contributed by atoms with Crippen molar-refractivity contribution in [3.63, 3.8) is 0 Å². The number of hydrogen-bond donors (Lipinski definition) is 1. The van der Waals surface area contributed by atoms with E-state index in [1.807, 2.05) is 16.4 Å². The minimum atomic E-state index is -2.59. The van der Waals surface area contributed by atoms with Gasteiger partial charge in [-0.15, -0.1) is 0 Å². The highest BCUT2D eigenvalue weighted by atomic mass is 32.2. The molecule has 0 radical (unpaired) electrons. The summed E-state index contributed by atoms with van der Waals surface area (Å²) < 4.78 is 27.0. The normalized spacial score (nSPS) is 22.6. The predicted octanol–water partition coefficient (Wildman–Crippen LogP) is 2.52. The van der Waals surface area contributed by atoms with Crippen molar-refractivity contribution in [3.05, 3.63) is 24.4 Å². The Hall–Kier alpha value is -1.93. The van der Waals surface area contributed by atoms with Crippen LogP contribution in [0.15, 0.2) is 24.4 Å². The van der Waals surface area contributed by atoms with Gasteiger partial charge in [0.05, 0.1) is 7.11 Å². The molecule has 1 N–H and O–H groups in total. The van der Waals surface area contributed by atoms with Crippen LogP contribution in [0.2, 0.25) is 0 Å². The van der Waals surface area contributed by atoms with Gasteiger partial charge in [-0.3, -0.25) is 0 Å². The molecule has 0 aromatic carbocycles. The maximum atomic E-state index is 12.1. The van der Waals surface area contributed by atoms with E-state index in [2.05, 4.69) is 20.9 Å². The van der Waals surface area contributed by atoms with Crippen LogP contribution in [0.1, 0.15) is 19.3 Å². The second kappa shape index (κ2) is 6.35. The van der Waals surface area contributed by atoms with E-state index in [4.69, 9.17) is 9.52 Å². The van der Waals surface area contributed by atoms with Gasteiger partial charge in [0.15, 0.2) is 5.65 Å². The second-order valence-corrected chi connectivity index (χ2v) is 9.58. The Kier molecular flexibility index (Phi) is 4.27. The second-order valence-electron chi connectivity index (χ2n) is 7.46. The van der Waals surface area contributed by atoms with Gasteiger partial charge in [-0.05, 0) is 36.8 Å². The van der Waals surface area contributed by atoms with Crippen molar-refractivity contribution >= 4 is 26.6 Å². The van der Waals surface area contributed by atoms with Gasteiger partial charge in [0.25, 0.3) is 0 Å². The van der Waals surface area contributed by atoms with Gasteiger partial charge in [-0.25, -0.2) is 18.3 Å². The molecule has 0 amide bonds. The average Bonchev–Trinajstić information content (AvgIpc) is 3.05. The minimum Gasteiger partial charge on any atom is -0.481 e. The maximum absolute atomic E-state index is 12.1. The summed E-state index contributed by atoms with van der Waals surface area (Å²) in [5, 5.41) is 1.04. The summed E-state index contributed by atoms with van der Waals surface area (Å²) in [4.78, 5) is 11.2. The molecule has 7 nitrogen and oxygen atoms in total. The van der Waals surface area contributed by atoms with Crippen molar-refractivity contribution < 1.29 is 8.95 Å². The van der Waals surface area contributed by atoms with E-state index >= 15 is 0 Å². The smallest absolute Gasteiger partial charge is 0.215 e. The molecule has 2 aliphatic rings. The van der Waals surface area contributed by atoms with Crippen LogP contribution in [0.3, 0.4) is 0 Å². The summed E-state index contributed by atoms with van der Waals surface area (Å²) in [5.74, 6) is 0.573. The molecule has 2 aromatic rings. The van der Waals surface area contributed by atoms with Gasteiger partial charge in [0, 0.05) is 55.8 Å². The van der Waals surface area contributed by atoms with Crippen molar-refractivity contribution in [2.75, 3.05) is 44.4 Å². The third-order valence-electron chi connectivity index (χ3n) is 5.82. The molecule has 4 rings (SSSR count). The molecule has 2 saturated heterocycles. The molecular weight excluding hydrogens is 350 g/mol. The van der Waals surface area contributed by atoms with Crippen LogP contribution < -0.4 is 9.64 Å². The zero-order chi connectivity index (χ0) is 18.4. The summed E-state index contributed by atoms with van der Waals surface area (Å²) in [6, 6.07) is 5.95. The summed E-state index contributed by atoms with van der Waals surface area (Å²) in [6.45, 7) is 3.49. The number of methoxy groups -OCH3 is 1. The Morgan fingerprint density at radius 1 is 1.19 bits per heavy atom. The lowest BCUT2D eigenvalue weighted by molar-refractivity contribution is 0.236. The highest BCUT2D eigenvalue weighted by Gasteiger charge is 2.42. The fraction of sp³-hybridized carbons (Fsp3) is 0.556. The summed E-state index contributed by atoms with van der Waals surface area (Å²) in [5.41, 5.74) is 2.07. The average molecular weight is 375 g/mol. The third kappa shape index (κ3) is 3.12. The number of nitrogens with one attached hydrogen (secondary N) is 1. The number of anilines is 1. The fourth-order valence-electron chi connectivity index (χ4n) is 4.21. The molecule has 8 heteroatoms. The van der Waals surface area contributed by atoms with E-state index < -0.39 is 9.92 Å². The molecule has 0 bridgehead atoms. The Balaban J connectivity index is 1.53. The van der Waals surface area contributed by atoms with Gasteiger partial charge < -0.3 is 9.64 Å². The quantitative estimate of drug-likeness (QED) is 0.891. The lowest BCUT2D eigenvalue weighted by atomic mass is 9.77. The summed E-state index contributed by atoms with van der Waals surface area (Å²) >= 11 is 0. The Morgan fingerprint density at radius 3 is 2.58 bits per heavy atom. The number of hydrogen-bond acceptors (Lipinski definition) is 6. The molecule has 140 valence electrons. The monoisotopic (exact) mass is 375 g/mol. The van der Waals surface area contributed by atoms with E-state index in [0.717, 1.165) is 56.5 Å². The van der Waals surface area contributed by atoms with Gasteiger partial charge in [0.1, 0.15) is 9.92 Å². The van der Waals surface area contributed by atoms with Gasteiger partial charge in [0.2, 0.25) is 5.88 Å². The first-order valence-electron chi connectivity index (χ1n) is 8.94. The molecule has 2 aromatic heterocycles. The van der Waals surface area contributed by atoms with Crippen LogP contribution in [-0.4, -0.2) is 58.0 Å². The Morgan fingerprint density at radius 2 is 1.92 bits per heavy atom. The van der Waals surface area contributed by atoms with E-state index in [1.165, 1.54) is 6.26 Å². The molecule has 26 heavy (non-hydrogen) atoms. The first-order valence-corrected chi connectivity index (χ1v) is 10.9. The fourth-order valence-corrected chi connectivity index (χ4v) is 5.17. The first-order chi connectivity index (χ1) is 12.4. The highest BCUT2D eigenvalue weighted by molar-refractivity contribution is 7.89. The van der Waals surface area contributed by atoms with Crippen LogP contribution >= 0.6 is 0 Å². The lowest BCUT2D eigenvalue weighted by Crippen LogP contribution is -2.42. The molecule has 0 saturated carbocycles. The molecule has 4 heterocycles. The van der Waals surface area contributed by atoms with E-state index in [0.29, 0.717) is 11.5 Å².